The average Bonchev–Trinajstić information content (AvgIpc) is 3.46. The van der Waals surface area contributed by atoms with Crippen LogP contribution in [-0.2, 0) is 13.1 Å². The Bertz CT molecular complexity index is 1260. The lowest BCUT2D eigenvalue weighted by Gasteiger charge is -2.27. The molecule has 0 bridgehead atoms. The zero-order valence-electron chi connectivity index (χ0n) is 21.6. The van der Waals surface area contributed by atoms with Crippen molar-refractivity contribution < 1.29 is 9.47 Å². The van der Waals surface area contributed by atoms with Gasteiger partial charge in [0.1, 0.15) is 5.82 Å². The van der Waals surface area contributed by atoms with E-state index in [0.717, 1.165) is 53.6 Å². The Hall–Kier alpha value is -4.06. The summed E-state index contributed by atoms with van der Waals surface area (Å²) in [4.78, 5) is 13.5. The summed E-state index contributed by atoms with van der Waals surface area (Å²) in [7, 11) is 3.76. The van der Waals surface area contributed by atoms with Crippen molar-refractivity contribution in [3.63, 3.8) is 0 Å². The van der Waals surface area contributed by atoms with Crippen LogP contribution in [0.5, 0.6) is 11.5 Å². The van der Waals surface area contributed by atoms with Crippen molar-refractivity contribution in [2.75, 3.05) is 24.0 Å². The molecule has 0 amide bonds. The van der Waals surface area contributed by atoms with Gasteiger partial charge < -0.3 is 19.3 Å². The smallest absolute Gasteiger partial charge is 0.163 e. The Morgan fingerprint density at radius 2 is 1.59 bits per heavy atom. The number of benzene rings is 2. The Labute approximate surface area is 219 Å². The number of hydrogen-bond donors (Lipinski definition) is 0. The molecule has 1 aliphatic rings. The maximum Gasteiger partial charge on any atom is 0.163 e. The molecule has 5 rings (SSSR count). The third-order valence-corrected chi connectivity index (χ3v) is 6.82. The van der Waals surface area contributed by atoms with Gasteiger partial charge >= 0.3 is 0 Å². The van der Waals surface area contributed by atoms with Gasteiger partial charge in [-0.2, -0.15) is 0 Å². The number of pyridine rings is 2. The molecule has 2 aromatic carbocycles. The van der Waals surface area contributed by atoms with E-state index in [1.165, 1.54) is 18.4 Å². The highest BCUT2D eigenvalue weighted by molar-refractivity contribution is 5.67. The van der Waals surface area contributed by atoms with E-state index in [9.17, 15) is 0 Å². The second kappa shape index (κ2) is 11.8. The van der Waals surface area contributed by atoms with Crippen molar-refractivity contribution in [2.45, 2.75) is 44.9 Å². The predicted molar refractivity (Wildman–Crippen MR) is 149 cm³/mol. The molecule has 2 heterocycles. The van der Waals surface area contributed by atoms with Crippen LogP contribution in [0.3, 0.4) is 0 Å². The first-order chi connectivity index (χ1) is 18.2. The number of ether oxygens (including phenoxy) is 2. The molecule has 6 heteroatoms. The quantitative estimate of drug-likeness (QED) is 0.242. The zero-order chi connectivity index (χ0) is 25.5. The normalized spacial score (nSPS) is 13.4. The van der Waals surface area contributed by atoms with Crippen molar-refractivity contribution in [1.82, 2.24) is 9.97 Å². The standard InChI is InChI=1S/C31H34N4O2/c1-34(22-24-9-4-3-5-10-24)31-17-15-27(21-33-31)35(23-25-11-8-18-32-20-25)26-14-16-29(36-2)30(19-26)37-28-12-6-7-13-28/h3-5,8-11,14-21,28H,6-7,12-13,22-23H2,1-2H3. The van der Waals surface area contributed by atoms with Gasteiger partial charge in [-0.3, -0.25) is 4.98 Å². The number of nitrogens with zero attached hydrogens (tertiary/aromatic N) is 4. The third-order valence-electron chi connectivity index (χ3n) is 6.82. The van der Waals surface area contributed by atoms with E-state index in [1.807, 2.05) is 30.6 Å². The van der Waals surface area contributed by atoms with Crippen LogP contribution in [0.25, 0.3) is 0 Å². The van der Waals surface area contributed by atoms with Gasteiger partial charge in [0.05, 0.1) is 25.1 Å². The molecule has 0 saturated heterocycles. The minimum atomic E-state index is 0.247. The van der Waals surface area contributed by atoms with Crippen LogP contribution in [0.1, 0.15) is 36.8 Å². The molecule has 6 nitrogen and oxygen atoms in total. The number of anilines is 3. The second-order valence-corrected chi connectivity index (χ2v) is 9.52. The number of methoxy groups -OCH3 is 1. The molecule has 1 fully saturated rings. The van der Waals surface area contributed by atoms with Gasteiger partial charge in [0.25, 0.3) is 0 Å². The summed E-state index contributed by atoms with van der Waals surface area (Å²) >= 11 is 0. The molecule has 190 valence electrons. The van der Waals surface area contributed by atoms with Gasteiger partial charge in [0.2, 0.25) is 0 Å². The van der Waals surface area contributed by atoms with Crippen LogP contribution in [-0.4, -0.2) is 30.2 Å². The summed E-state index contributed by atoms with van der Waals surface area (Å²) in [6, 6.07) is 24.9. The van der Waals surface area contributed by atoms with E-state index < -0.39 is 0 Å². The van der Waals surface area contributed by atoms with Gasteiger partial charge in [-0.1, -0.05) is 36.4 Å². The van der Waals surface area contributed by atoms with E-state index in [4.69, 9.17) is 14.5 Å². The van der Waals surface area contributed by atoms with Gasteiger partial charge in [0, 0.05) is 44.3 Å². The Morgan fingerprint density at radius 1 is 0.811 bits per heavy atom. The molecule has 0 N–H and O–H groups in total. The summed E-state index contributed by atoms with van der Waals surface area (Å²) in [6.45, 7) is 1.46. The van der Waals surface area contributed by atoms with Crippen molar-refractivity contribution in [2.24, 2.45) is 0 Å². The summed E-state index contributed by atoms with van der Waals surface area (Å²) in [5.74, 6) is 2.47. The van der Waals surface area contributed by atoms with Gasteiger partial charge in [-0.15, -0.1) is 0 Å². The number of aromatic nitrogens is 2. The SMILES string of the molecule is COc1ccc(N(Cc2cccnc2)c2ccc(N(C)Cc3ccccc3)nc2)cc1OC1CCCC1. The van der Waals surface area contributed by atoms with E-state index in [-0.39, 0.29) is 6.10 Å². The molecular formula is C31H34N4O2. The first kappa shape index (κ1) is 24.6. The largest absolute Gasteiger partial charge is 0.493 e. The maximum absolute atomic E-state index is 6.40. The fourth-order valence-corrected chi connectivity index (χ4v) is 4.82. The summed E-state index contributed by atoms with van der Waals surface area (Å²) in [5, 5.41) is 0. The minimum absolute atomic E-state index is 0.247. The van der Waals surface area contributed by atoms with E-state index in [1.54, 1.807) is 13.3 Å². The molecule has 0 unspecified atom stereocenters. The van der Waals surface area contributed by atoms with Gasteiger partial charge in [-0.05, 0) is 67.1 Å². The molecule has 37 heavy (non-hydrogen) atoms. The minimum Gasteiger partial charge on any atom is -0.493 e. The monoisotopic (exact) mass is 494 g/mol. The van der Waals surface area contributed by atoms with Crippen LogP contribution in [0.2, 0.25) is 0 Å². The molecule has 0 atom stereocenters. The predicted octanol–water partition coefficient (Wildman–Crippen LogP) is 6.78. The van der Waals surface area contributed by atoms with Crippen molar-refractivity contribution in [3.8, 4) is 11.5 Å². The molecule has 0 spiro atoms. The van der Waals surface area contributed by atoms with Crippen molar-refractivity contribution in [1.29, 1.82) is 0 Å². The Morgan fingerprint density at radius 3 is 2.30 bits per heavy atom. The fraction of sp³-hybridized carbons (Fsp3) is 0.290. The highest BCUT2D eigenvalue weighted by Gasteiger charge is 2.20. The van der Waals surface area contributed by atoms with Crippen LogP contribution < -0.4 is 19.3 Å². The lowest BCUT2D eigenvalue weighted by molar-refractivity contribution is 0.201. The Balaban J connectivity index is 1.43. The molecule has 0 radical (unpaired) electrons. The molecule has 4 aromatic rings. The second-order valence-electron chi connectivity index (χ2n) is 9.52. The fourth-order valence-electron chi connectivity index (χ4n) is 4.82. The zero-order valence-corrected chi connectivity index (χ0v) is 21.6. The molecule has 1 saturated carbocycles. The first-order valence-corrected chi connectivity index (χ1v) is 12.9. The van der Waals surface area contributed by atoms with Gasteiger partial charge in [0.15, 0.2) is 11.5 Å². The van der Waals surface area contributed by atoms with E-state index in [2.05, 4.69) is 76.4 Å². The highest BCUT2D eigenvalue weighted by atomic mass is 16.5. The molecule has 1 aliphatic carbocycles. The lowest BCUT2D eigenvalue weighted by Crippen LogP contribution is -2.20. The van der Waals surface area contributed by atoms with Crippen LogP contribution in [0.15, 0.2) is 91.4 Å². The van der Waals surface area contributed by atoms with Crippen LogP contribution >= 0.6 is 0 Å². The highest BCUT2D eigenvalue weighted by Crippen LogP contribution is 2.38. The van der Waals surface area contributed by atoms with E-state index >= 15 is 0 Å². The summed E-state index contributed by atoms with van der Waals surface area (Å²) < 4.78 is 12.0. The average molecular weight is 495 g/mol. The summed E-state index contributed by atoms with van der Waals surface area (Å²) in [6.07, 6.45) is 10.5. The number of rotatable bonds is 10. The topological polar surface area (TPSA) is 50.7 Å². The molecular weight excluding hydrogens is 460 g/mol. The van der Waals surface area contributed by atoms with Crippen LogP contribution in [0.4, 0.5) is 17.2 Å². The van der Waals surface area contributed by atoms with Crippen LogP contribution in [0, 0.1) is 0 Å². The first-order valence-electron chi connectivity index (χ1n) is 12.9. The summed E-state index contributed by atoms with van der Waals surface area (Å²) in [5.41, 5.74) is 4.38. The van der Waals surface area contributed by atoms with Gasteiger partial charge in [-0.25, -0.2) is 4.98 Å². The van der Waals surface area contributed by atoms with Crippen molar-refractivity contribution >= 4 is 17.2 Å². The molecule has 2 aromatic heterocycles. The van der Waals surface area contributed by atoms with E-state index in [0.29, 0.717) is 6.54 Å². The maximum atomic E-state index is 6.40. The molecule has 0 aliphatic heterocycles. The third kappa shape index (κ3) is 6.20. The lowest BCUT2D eigenvalue weighted by atomic mass is 10.2. The van der Waals surface area contributed by atoms with Crippen molar-refractivity contribution in [3.05, 3.63) is 103 Å². The number of hydrogen-bond acceptors (Lipinski definition) is 6. The Kier molecular flexibility index (Phi) is 7.84.